The smallest absolute Gasteiger partial charge is 0.170 e. The molecule has 0 aliphatic carbocycles. The van der Waals surface area contributed by atoms with Gasteiger partial charge in [-0.1, -0.05) is 6.58 Å². The zero-order chi connectivity index (χ0) is 16.6. The number of hydrogen-bond donors (Lipinski definition) is 2. The van der Waals surface area contributed by atoms with Gasteiger partial charge in [0.05, 0.1) is 18.2 Å². The molecular weight excluding hydrogens is 308 g/mol. The van der Waals surface area contributed by atoms with Crippen LogP contribution in [0.15, 0.2) is 47.6 Å². The first-order valence-electron chi connectivity index (χ1n) is 7.45. The third-order valence-electron chi connectivity index (χ3n) is 4.33. The lowest BCUT2D eigenvalue weighted by atomic mass is 9.96. The summed E-state index contributed by atoms with van der Waals surface area (Å²) in [6.07, 6.45) is 9.60. The Kier molecular flexibility index (Phi) is 4.32. The van der Waals surface area contributed by atoms with E-state index in [2.05, 4.69) is 58.0 Å². The number of H-pyrrole nitrogens is 1. The number of aliphatic imine (C=N–C) groups is 1. The van der Waals surface area contributed by atoms with Crippen molar-refractivity contribution in [3.63, 3.8) is 0 Å². The average molecular weight is 330 g/mol. The van der Waals surface area contributed by atoms with Crippen molar-refractivity contribution in [2.24, 2.45) is 4.99 Å². The van der Waals surface area contributed by atoms with Gasteiger partial charge in [0.2, 0.25) is 0 Å². The molecule has 2 aliphatic heterocycles. The fourth-order valence-electron chi connectivity index (χ4n) is 3.00. The van der Waals surface area contributed by atoms with Crippen molar-refractivity contribution >= 4 is 23.2 Å². The molecule has 0 amide bonds. The van der Waals surface area contributed by atoms with Gasteiger partial charge in [-0.25, -0.2) is 9.98 Å². The predicted molar refractivity (Wildman–Crippen MR) is 96.6 cm³/mol. The van der Waals surface area contributed by atoms with Crippen LogP contribution in [-0.4, -0.2) is 57.6 Å². The van der Waals surface area contributed by atoms with Crippen molar-refractivity contribution in [2.75, 3.05) is 20.4 Å². The van der Waals surface area contributed by atoms with Crippen LogP contribution < -0.4 is 5.32 Å². The summed E-state index contributed by atoms with van der Waals surface area (Å²) in [4.78, 5) is 16.5. The van der Waals surface area contributed by atoms with Gasteiger partial charge in [0.15, 0.2) is 5.50 Å². The molecule has 1 aromatic rings. The molecule has 122 valence electrons. The SMILES string of the molecule is C=CN1C2=NC(SC)N(C)C(C)=C2C=C(c2cnc[nH]2)C1NC. The van der Waals surface area contributed by atoms with Gasteiger partial charge in [-0.05, 0) is 26.3 Å². The van der Waals surface area contributed by atoms with E-state index in [1.165, 1.54) is 5.70 Å². The molecule has 6 nitrogen and oxygen atoms in total. The third-order valence-corrected chi connectivity index (χ3v) is 5.17. The lowest BCUT2D eigenvalue weighted by Gasteiger charge is -2.42. The Morgan fingerprint density at radius 2 is 2.26 bits per heavy atom. The van der Waals surface area contributed by atoms with E-state index in [-0.39, 0.29) is 11.7 Å². The van der Waals surface area contributed by atoms with Gasteiger partial charge >= 0.3 is 0 Å². The molecule has 0 aromatic carbocycles. The Morgan fingerprint density at radius 1 is 1.48 bits per heavy atom. The molecule has 3 heterocycles. The van der Waals surface area contributed by atoms with Crippen LogP contribution in [0.4, 0.5) is 0 Å². The van der Waals surface area contributed by atoms with Crippen LogP contribution in [0.5, 0.6) is 0 Å². The van der Waals surface area contributed by atoms with Gasteiger partial charge in [0.25, 0.3) is 0 Å². The zero-order valence-corrected chi connectivity index (χ0v) is 14.7. The highest BCUT2D eigenvalue weighted by Crippen LogP contribution is 2.35. The van der Waals surface area contributed by atoms with Crippen LogP contribution >= 0.6 is 11.8 Å². The number of imidazole rings is 1. The fourth-order valence-corrected chi connectivity index (χ4v) is 3.68. The van der Waals surface area contributed by atoms with Gasteiger partial charge in [0.1, 0.15) is 12.0 Å². The highest BCUT2D eigenvalue weighted by molar-refractivity contribution is 7.99. The highest BCUT2D eigenvalue weighted by Gasteiger charge is 2.35. The number of aromatic nitrogens is 2. The minimum absolute atomic E-state index is 0.0332. The number of allylic oxidation sites excluding steroid dienone is 1. The molecule has 23 heavy (non-hydrogen) atoms. The van der Waals surface area contributed by atoms with Crippen LogP contribution in [0.25, 0.3) is 5.57 Å². The van der Waals surface area contributed by atoms with E-state index in [9.17, 15) is 0 Å². The number of aromatic amines is 1. The summed E-state index contributed by atoms with van der Waals surface area (Å²) in [5, 5.41) is 3.35. The summed E-state index contributed by atoms with van der Waals surface area (Å²) in [5.74, 6) is 0.956. The number of nitrogens with zero attached hydrogens (tertiary/aromatic N) is 4. The summed E-state index contributed by atoms with van der Waals surface area (Å²) in [6, 6.07) is 0. The molecule has 2 unspecified atom stereocenters. The van der Waals surface area contributed by atoms with Crippen molar-refractivity contribution in [3.05, 3.63) is 48.3 Å². The normalized spacial score (nSPS) is 24.3. The summed E-state index contributed by atoms with van der Waals surface area (Å²) < 4.78 is 0. The van der Waals surface area contributed by atoms with E-state index < -0.39 is 0 Å². The molecule has 1 aromatic heterocycles. The van der Waals surface area contributed by atoms with Crippen LogP contribution in [0, 0.1) is 0 Å². The number of fused-ring (bicyclic) bond motifs is 1. The molecule has 7 heteroatoms. The lowest BCUT2D eigenvalue weighted by molar-refractivity contribution is 0.369. The number of nitrogens with one attached hydrogen (secondary N) is 2. The first kappa shape index (κ1) is 15.9. The molecule has 0 spiro atoms. The first-order chi connectivity index (χ1) is 11.1. The monoisotopic (exact) mass is 330 g/mol. The molecule has 0 fully saturated rings. The largest absolute Gasteiger partial charge is 0.347 e. The number of hydrogen-bond acceptors (Lipinski definition) is 6. The van der Waals surface area contributed by atoms with Gasteiger partial charge in [-0.2, -0.15) is 0 Å². The second-order valence-corrected chi connectivity index (χ2v) is 6.36. The van der Waals surface area contributed by atoms with Crippen LogP contribution in [0.2, 0.25) is 0 Å². The van der Waals surface area contributed by atoms with Crippen LogP contribution in [0.3, 0.4) is 0 Å². The standard InChI is InChI=1S/C16H22N6S/c1-6-22-14(17-3)12(13-8-18-9-19-13)7-11-10(2)21(4)16(23-5)20-15(11)22/h6-9,14,16-17H,1H2,2-5H3,(H,18,19). The maximum absolute atomic E-state index is 4.91. The van der Waals surface area contributed by atoms with Crippen LogP contribution in [-0.2, 0) is 0 Å². The van der Waals surface area contributed by atoms with E-state index in [0.29, 0.717) is 0 Å². The highest BCUT2D eigenvalue weighted by atomic mass is 32.2. The van der Waals surface area contributed by atoms with E-state index in [1.54, 1.807) is 18.1 Å². The van der Waals surface area contributed by atoms with Crippen molar-refractivity contribution < 1.29 is 0 Å². The minimum atomic E-state index is -0.0332. The summed E-state index contributed by atoms with van der Waals surface area (Å²) in [5.41, 5.74) is 4.51. The molecular formula is C16H22N6S. The van der Waals surface area contributed by atoms with E-state index in [0.717, 1.165) is 22.7 Å². The topological polar surface area (TPSA) is 59.5 Å². The molecule has 0 saturated carbocycles. The fraction of sp³-hybridized carbons (Fsp3) is 0.375. The van der Waals surface area contributed by atoms with E-state index in [1.807, 2.05) is 19.4 Å². The molecule has 2 aliphatic rings. The van der Waals surface area contributed by atoms with Crippen LogP contribution in [0.1, 0.15) is 12.6 Å². The van der Waals surface area contributed by atoms with Gasteiger partial charge in [0, 0.05) is 30.1 Å². The zero-order valence-electron chi connectivity index (χ0n) is 13.9. The van der Waals surface area contributed by atoms with E-state index in [4.69, 9.17) is 4.99 Å². The Balaban J connectivity index is 2.19. The Labute approximate surface area is 141 Å². The number of thioether (sulfide) groups is 1. The van der Waals surface area contributed by atoms with Crippen molar-refractivity contribution in [1.82, 2.24) is 25.1 Å². The van der Waals surface area contributed by atoms with Crippen molar-refractivity contribution in [1.29, 1.82) is 0 Å². The Hall–Kier alpha value is -1.99. The number of rotatable bonds is 4. The molecule has 3 rings (SSSR count). The Bertz CT molecular complexity index is 687. The average Bonchev–Trinajstić information content (AvgIpc) is 3.10. The third kappa shape index (κ3) is 2.49. The second kappa shape index (κ2) is 6.25. The van der Waals surface area contributed by atoms with Crippen molar-refractivity contribution in [3.8, 4) is 0 Å². The predicted octanol–water partition coefficient (Wildman–Crippen LogP) is 2.06. The van der Waals surface area contributed by atoms with Crippen molar-refractivity contribution in [2.45, 2.75) is 18.6 Å². The van der Waals surface area contributed by atoms with Gasteiger partial charge in [-0.15, -0.1) is 11.8 Å². The van der Waals surface area contributed by atoms with E-state index >= 15 is 0 Å². The Morgan fingerprint density at radius 3 is 2.83 bits per heavy atom. The van der Waals surface area contributed by atoms with Gasteiger partial charge < -0.3 is 14.8 Å². The first-order valence-corrected chi connectivity index (χ1v) is 8.74. The molecule has 0 radical (unpaired) electrons. The quantitative estimate of drug-likeness (QED) is 0.885. The molecule has 0 saturated heterocycles. The number of amidine groups is 1. The van der Waals surface area contributed by atoms with Gasteiger partial charge in [-0.3, -0.25) is 5.32 Å². The maximum Gasteiger partial charge on any atom is 0.170 e. The summed E-state index contributed by atoms with van der Waals surface area (Å²) in [7, 11) is 4.02. The molecule has 2 N–H and O–H groups in total. The number of likely N-dealkylation sites (N-methyl/N-ethyl adjacent to an activating group) is 1. The lowest BCUT2D eigenvalue weighted by Crippen LogP contribution is -2.50. The second-order valence-electron chi connectivity index (χ2n) is 5.47. The molecule has 0 bridgehead atoms. The summed E-state index contributed by atoms with van der Waals surface area (Å²) >= 11 is 1.72. The molecule has 2 atom stereocenters. The maximum atomic E-state index is 4.91. The minimum Gasteiger partial charge on any atom is -0.347 e. The summed E-state index contributed by atoms with van der Waals surface area (Å²) in [6.45, 7) is 6.13.